The third-order valence-corrected chi connectivity index (χ3v) is 12.5. The van der Waals surface area contributed by atoms with Crippen molar-refractivity contribution in [2.45, 2.75) is 26.2 Å². The lowest BCUT2D eigenvalue weighted by atomic mass is 9.87. The molecule has 0 saturated heterocycles. The summed E-state index contributed by atoms with van der Waals surface area (Å²) in [5, 5.41) is 2.30. The molecule has 8 aromatic carbocycles. The molecule has 64 heavy (non-hydrogen) atoms. The van der Waals surface area contributed by atoms with E-state index in [1.807, 2.05) is 12.3 Å². The Morgan fingerprint density at radius 1 is 0.453 bits per heavy atom. The number of pyridine rings is 1. The first-order valence-electron chi connectivity index (χ1n) is 21.8. The standard InChI is InChI=1S/C58H43N5O/c1-58(2,3)41-31-32-59-55(35-41)62-50-25-12-10-21-47(50)48-30-29-43(37-54(48)62)64-44-34-40(56-45(38-17-6-4-7-18-38)22-16-23-46(56)39-19-8-5-9-20-39)33-42(36-44)61-52-27-14-15-28-53(52)63-51-26-13-11-24-49(51)60-57(61)63/h4-37H,1-3H3. The highest BCUT2D eigenvalue weighted by Gasteiger charge is 2.22. The fraction of sp³-hybridized carbons (Fsp3) is 0.0690. The molecule has 12 rings (SSSR count). The van der Waals surface area contributed by atoms with Crippen molar-refractivity contribution < 1.29 is 4.74 Å². The minimum absolute atomic E-state index is 0.0350. The number of aromatic nitrogens is 5. The second-order valence-electron chi connectivity index (χ2n) is 17.5. The van der Waals surface area contributed by atoms with Crippen LogP contribution in [0, 0.1) is 0 Å². The summed E-state index contributed by atoms with van der Waals surface area (Å²) in [5.41, 5.74) is 15.1. The molecule has 0 atom stereocenters. The van der Waals surface area contributed by atoms with Gasteiger partial charge in [-0.1, -0.05) is 142 Å². The molecule has 0 unspecified atom stereocenters. The lowest BCUT2D eigenvalue weighted by molar-refractivity contribution is 0.483. The normalized spacial score (nSPS) is 12.0. The van der Waals surface area contributed by atoms with Crippen molar-refractivity contribution in [1.29, 1.82) is 0 Å². The van der Waals surface area contributed by atoms with Crippen LogP contribution in [0.25, 0.3) is 94.5 Å². The van der Waals surface area contributed by atoms with Crippen LogP contribution >= 0.6 is 0 Å². The van der Waals surface area contributed by atoms with E-state index >= 15 is 0 Å². The summed E-state index contributed by atoms with van der Waals surface area (Å²) in [6.45, 7) is 6.72. The second-order valence-corrected chi connectivity index (χ2v) is 17.5. The van der Waals surface area contributed by atoms with Gasteiger partial charge in [0.15, 0.2) is 0 Å². The molecular formula is C58H43N5O. The van der Waals surface area contributed by atoms with E-state index < -0.39 is 0 Å². The molecule has 0 aliphatic heterocycles. The number of imidazole rings is 2. The Morgan fingerprint density at radius 3 is 1.83 bits per heavy atom. The average Bonchev–Trinajstić information content (AvgIpc) is 3.98. The first-order valence-corrected chi connectivity index (χ1v) is 21.8. The average molecular weight is 826 g/mol. The zero-order valence-electron chi connectivity index (χ0n) is 35.8. The van der Waals surface area contributed by atoms with E-state index in [1.165, 1.54) is 5.56 Å². The number of fused-ring (bicyclic) bond motifs is 8. The number of rotatable bonds is 7. The fourth-order valence-electron chi connectivity index (χ4n) is 9.50. The molecule has 6 heteroatoms. The Hall–Kier alpha value is -8.22. The van der Waals surface area contributed by atoms with Gasteiger partial charge < -0.3 is 4.74 Å². The minimum atomic E-state index is -0.0350. The van der Waals surface area contributed by atoms with Gasteiger partial charge in [-0.2, -0.15) is 0 Å². The van der Waals surface area contributed by atoms with E-state index in [1.54, 1.807) is 0 Å². The monoisotopic (exact) mass is 825 g/mol. The Kier molecular flexibility index (Phi) is 8.63. The highest BCUT2D eigenvalue weighted by molar-refractivity contribution is 6.09. The summed E-state index contributed by atoms with van der Waals surface area (Å²) in [6.07, 6.45) is 1.92. The van der Waals surface area contributed by atoms with Crippen LogP contribution in [0.15, 0.2) is 206 Å². The molecule has 0 amide bonds. The molecule has 306 valence electrons. The highest BCUT2D eigenvalue weighted by atomic mass is 16.5. The van der Waals surface area contributed by atoms with Crippen LogP contribution in [-0.4, -0.2) is 23.5 Å². The first kappa shape index (κ1) is 37.5. The molecule has 0 bridgehead atoms. The van der Waals surface area contributed by atoms with Crippen LogP contribution in [-0.2, 0) is 5.41 Å². The fourth-order valence-corrected chi connectivity index (χ4v) is 9.50. The molecule has 0 saturated carbocycles. The van der Waals surface area contributed by atoms with E-state index in [0.717, 1.165) is 100 Å². The molecule has 0 aliphatic carbocycles. The van der Waals surface area contributed by atoms with Gasteiger partial charge in [0.2, 0.25) is 5.78 Å². The second kappa shape index (κ2) is 14.7. The predicted molar refractivity (Wildman–Crippen MR) is 263 cm³/mol. The number of ether oxygens (including phenoxy) is 1. The largest absolute Gasteiger partial charge is 0.457 e. The molecule has 0 aliphatic rings. The van der Waals surface area contributed by atoms with E-state index in [4.69, 9.17) is 14.7 Å². The van der Waals surface area contributed by atoms with Crippen molar-refractivity contribution in [2.24, 2.45) is 0 Å². The van der Waals surface area contributed by atoms with Crippen molar-refractivity contribution in [3.05, 3.63) is 212 Å². The maximum Gasteiger partial charge on any atom is 0.220 e. The lowest BCUT2D eigenvalue weighted by Crippen LogP contribution is -2.12. The van der Waals surface area contributed by atoms with Gasteiger partial charge in [0.1, 0.15) is 17.3 Å². The third kappa shape index (κ3) is 6.17. The van der Waals surface area contributed by atoms with Crippen LogP contribution in [0.5, 0.6) is 11.5 Å². The van der Waals surface area contributed by atoms with Gasteiger partial charge in [0, 0.05) is 29.1 Å². The van der Waals surface area contributed by atoms with Gasteiger partial charge in [0.05, 0.1) is 38.8 Å². The maximum atomic E-state index is 7.15. The number of para-hydroxylation sites is 5. The van der Waals surface area contributed by atoms with Crippen LogP contribution < -0.4 is 4.74 Å². The van der Waals surface area contributed by atoms with Gasteiger partial charge in [-0.15, -0.1) is 0 Å². The Labute approximate surface area is 370 Å². The smallest absolute Gasteiger partial charge is 0.220 e. The van der Waals surface area contributed by atoms with Crippen molar-refractivity contribution in [3.8, 4) is 56.4 Å². The third-order valence-electron chi connectivity index (χ3n) is 12.5. The van der Waals surface area contributed by atoms with Gasteiger partial charge >= 0.3 is 0 Å². The van der Waals surface area contributed by atoms with Crippen LogP contribution in [0.4, 0.5) is 0 Å². The van der Waals surface area contributed by atoms with Crippen molar-refractivity contribution in [2.75, 3.05) is 0 Å². The highest BCUT2D eigenvalue weighted by Crippen LogP contribution is 2.44. The van der Waals surface area contributed by atoms with Gasteiger partial charge in [-0.3, -0.25) is 13.5 Å². The van der Waals surface area contributed by atoms with E-state index in [0.29, 0.717) is 5.75 Å². The Balaban J connectivity index is 1.11. The maximum absolute atomic E-state index is 7.15. The van der Waals surface area contributed by atoms with Crippen molar-refractivity contribution in [3.63, 3.8) is 0 Å². The molecule has 4 heterocycles. The summed E-state index contributed by atoms with van der Waals surface area (Å²) in [5.74, 6) is 3.14. The SMILES string of the molecule is CC(C)(C)c1ccnc(-n2c3ccccc3c3ccc(Oc4cc(-c5c(-c6ccccc6)cccc5-c5ccccc5)cc(-n5c6ccccc6n6c7ccccc7nc56)c4)cc32)c1. The van der Waals surface area contributed by atoms with Crippen LogP contribution in [0.2, 0.25) is 0 Å². The number of hydrogen-bond donors (Lipinski definition) is 0. The lowest BCUT2D eigenvalue weighted by Gasteiger charge is -2.20. The van der Waals surface area contributed by atoms with E-state index in [9.17, 15) is 0 Å². The van der Waals surface area contributed by atoms with Crippen molar-refractivity contribution in [1.82, 2.24) is 23.5 Å². The molecule has 0 N–H and O–H groups in total. The summed E-state index contributed by atoms with van der Waals surface area (Å²) >= 11 is 0. The minimum Gasteiger partial charge on any atom is -0.457 e. The summed E-state index contributed by atoms with van der Waals surface area (Å²) in [7, 11) is 0. The van der Waals surface area contributed by atoms with Gasteiger partial charge in [-0.05, 0) is 111 Å². The Bertz CT molecular complexity index is 3680. The number of hydrogen-bond acceptors (Lipinski definition) is 3. The topological polar surface area (TPSA) is 49.3 Å². The molecule has 0 spiro atoms. The molecule has 4 aromatic heterocycles. The molecular weight excluding hydrogens is 783 g/mol. The van der Waals surface area contributed by atoms with Gasteiger partial charge in [-0.25, -0.2) is 9.97 Å². The van der Waals surface area contributed by atoms with E-state index in [-0.39, 0.29) is 5.41 Å². The number of benzene rings is 8. The molecule has 12 aromatic rings. The molecule has 0 fully saturated rings. The molecule has 0 radical (unpaired) electrons. The Morgan fingerprint density at radius 2 is 1.09 bits per heavy atom. The zero-order valence-corrected chi connectivity index (χ0v) is 35.8. The zero-order chi connectivity index (χ0) is 42.9. The molecule has 6 nitrogen and oxygen atoms in total. The quantitative estimate of drug-likeness (QED) is 0.161. The van der Waals surface area contributed by atoms with Crippen molar-refractivity contribution >= 4 is 49.7 Å². The van der Waals surface area contributed by atoms with Crippen LogP contribution in [0.1, 0.15) is 26.3 Å². The summed E-state index contributed by atoms with van der Waals surface area (Å²) < 4.78 is 14.0. The van der Waals surface area contributed by atoms with Gasteiger partial charge in [0.25, 0.3) is 0 Å². The number of nitrogens with zero attached hydrogens (tertiary/aromatic N) is 5. The summed E-state index contributed by atoms with van der Waals surface area (Å²) in [6, 6.07) is 70.8. The summed E-state index contributed by atoms with van der Waals surface area (Å²) in [4.78, 5) is 10.2. The van der Waals surface area contributed by atoms with E-state index in [2.05, 4.69) is 228 Å². The predicted octanol–water partition coefficient (Wildman–Crippen LogP) is 15.0. The first-order chi connectivity index (χ1) is 31.4. The van der Waals surface area contributed by atoms with Crippen LogP contribution in [0.3, 0.4) is 0 Å².